The SMILES string of the molecule is CN(C)CCCc1ccc(NC(=O)c2cccc([C@@H]3C[C@H]3C(=O)Nc3ccc4cnccc4c3)c2)cc1. The van der Waals surface area contributed by atoms with Gasteiger partial charge in [-0.2, -0.15) is 0 Å². The topological polar surface area (TPSA) is 74.3 Å². The summed E-state index contributed by atoms with van der Waals surface area (Å²) in [5.74, 6) is -0.0983. The van der Waals surface area contributed by atoms with Gasteiger partial charge in [-0.25, -0.2) is 0 Å². The van der Waals surface area contributed by atoms with Crippen LogP contribution in [0.5, 0.6) is 0 Å². The summed E-state index contributed by atoms with van der Waals surface area (Å²) in [6.45, 7) is 1.06. The van der Waals surface area contributed by atoms with Gasteiger partial charge in [0.05, 0.1) is 0 Å². The second kappa shape index (κ2) is 10.9. The summed E-state index contributed by atoms with van der Waals surface area (Å²) in [7, 11) is 4.16. The monoisotopic (exact) mass is 492 g/mol. The fourth-order valence-corrected chi connectivity index (χ4v) is 4.72. The van der Waals surface area contributed by atoms with Gasteiger partial charge in [-0.3, -0.25) is 14.6 Å². The van der Waals surface area contributed by atoms with Crippen LogP contribution in [0, 0.1) is 5.92 Å². The summed E-state index contributed by atoms with van der Waals surface area (Å²) >= 11 is 0. The molecule has 1 aliphatic carbocycles. The van der Waals surface area contributed by atoms with E-state index in [9.17, 15) is 9.59 Å². The third-order valence-corrected chi connectivity index (χ3v) is 6.89. The van der Waals surface area contributed by atoms with E-state index in [2.05, 4.69) is 46.7 Å². The van der Waals surface area contributed by atoms with Crippen LogP contribution in [0.4, 0.5) is 11.4 Å². The van der Waals surface area contributed by atoms with Crippen molar-refractivity contribution < 1.29 is 9.59 Å². The maximum absolute atomic E-state index is 12.9. The van der Waals surface area contributed by atoms with E-state index in [1.54, 1.807) is 6.20 Å². The summed E-state index contributed by atoms with van der Waals surface area (Å²) in [5, 5.41) is 8.12. The van der Waals surface area contributed by atoms with E-state index >= 15 is 0 Å². The van der Waals surface area contributed by atoms with Gasteiger partial charge in [0, 0.05) is 40.6 Å². The third kappa shape index (κ3) is 6.22. The number of aryl methyl sites for hydroxylation is 1. The van der Waals surface area contributed by atoms with Crippen molar-refractivity contribution in [2.24, 2.45) is 5.92 Å². The van der Waals surface area contributed by atoms with E-state index < -0.39 is 0 Å². The molecule has 1 aliphatic rings. The highest BCUT2D eigenvalue weighted by molar-refractivity contribution is 6.04. The predicted molar refractivity (Wildman–Crippen MR) is 149 cm³/mol. The molecule has 2 N–H and O–H groups in total. The molecule has 6 heteroatoms. The van der Waals surface area contributed by atoms with Crippen LogP contribution in [0.15, 0.2) is 85.2 Å². The number of hydrogen-bond donors (Lipinski definition) is 2. The highest BCUT2D eigenvalue weighted by atomic mass is 16.2. The van der Waals surface area contributed by atoms with E-state index in [1.165, 1.54) is 5.56 Å². The molecule has 37 heavy (non-hydrogen) atoms. The molecule has 0 aliphatic heterocycles. The first-order chi connectivity index (χ1) is 18.0. The lowest BCUT2D eigenvalue weighted by molar-refractivity contribution is -0.117. The minimum Gasteiger partial charge on any atom is -0.326 e. The van der Waals surface area contributed by atoms with Gasteiger partial charge < -0.3 is 15.5 Å². The molecule has 1 saturated carbocycles. The van der Waals surface area contributed by atoms with E-state index in [0.29, 0.717) is 5.56 Å². The first-order valence-electron chi connectivity index (χ1n) is 12.8. The van der Waals surface area contributed by atoms with Gasteiger partial charge in [-0.15, -0.1) is 0 Å². The van der Waals surface area contributed by atoms with Crippen molar-refractivity contribution in [3.05, 3.63) is 102 Å². The molecule has 2 atom stereocenters. The number of nitrogens with zero attached hydrogens (tertiary/aromatic N) is 2. The van der Waals surface area contributed by atoms with Gasteiger partial charge >= 0.3 is 0 Å². The number of nitrogens with one attached hydrogen (secondary N) is 2. The molecule has 4 aromatic rings. The van der Waals surface area contributed by atoms with Crippen LogP contribution < -0.4 is 10.6 Å². The zero-order valence-corrected chi connectivity index (χ0v) is 21.3. The average molecular weight is 493 g/mol. The Bertz CT molecular complexity index is 1410. The van der Waals surface area contributed by atoms with Gasteiger partial charge in [-0.05, 0) is 105 Å². The predicted octanol–water partition coefficient (Wildman–Crippen LogP) is 5.72. The summed E-state index contributed by atoms with van der Waals surface area (Å²) in [6, 6.07) is 23.4. The molecule has 0 saturated heterocycles. The molecule has 0 radical (unpaired) electrons. The lowest BCUT2D eigenvalue weighted by Crippen LogP contribution is -2.15. The number of carbonyl (C=O) groups excluding carboxylic acids is 2. The molecule has 6 nitrogen and oxygen atoms in total. The van der Waals surface area contributed by atoms with Crippen LogP contribution >= 0.6 is 0 Å². The Balaban J connectivity index is 1.17. The summed E-state index contributed by atoms with van der Waals surface area (Å²) < 4.78 is 0. The van der Waals surface area contributed by atoms with Crippen molar-refractivity contribution in [2.75, 3.05) is 31.3 Å². The number of amides is 2. The Morgan fingerprint density at radius 2 is 1.73 bits per heavy atom. The molecule has 1 heterocycles. The van der Waals surface area contributed by atoms with Gasteiger partial charge in [0.15, 0.2) is 0 Å². The number of aromatic nitrogens is 1. The largest absolute Gasteiger partial charge is 0.326 e. The van der Waals surface area contributed by atoms with Crippen LogP contribution in [0.25, 0.3) is 10.8 Å². The Morgan fingerprint density at radius 1 is 0.919 bits per heavy atom. The number of benzene rings is 3. The van der Waals surface area contributed by atoms with Gasteiger partial charge in [0.2, 0.25) is 5.91 Å². The number of carbonyl (C=O) groups is 2. The highest BCUT2D eigenvalue weighted by Gasteiger charge is 2.44. The van der Waals surface area contributed by atoms with Gasteiger partial charge in [0.25, 0.3) is 5.91 Å². The molecule has 0 unspecified atom stereocenters. The Hall–Kier alpha value is -4.03. The number of fused-ring (bicyclic) bond motifs is 1. The van der Waals surface area contributed by atoms with Crippen LogP contribution in [0.2, 0.25) is 0 Å². The van der Waals surface area contributed by atoms with Crippen LogP contribution in [0.3, 0.4) is 0 Å². The minimum atomic E-state index is -0.144. The van der Waals surface area contributed by atoms with E-state index in [4.69, 9.17) is 0 Å². The van der Waals surface area contributed by atoms with Gasteiger partial charge in [0.1, 0.15) is 0 Å². The smallest absolute Gasteiger partial charge is 0.255 e. The molecular formula is C31H32N4O2. The number of anilines is 2. The van der Waals surface area contributed by atoms with Crippen molar-refractivity contribution in [3.8, 4) is 0 Å². The zero-order chi connectivity index (χ0) is 25.8. The van der Waals surface area contributed by atoms with E-state index in [0.717, 1.165) is 53.5 Å². The van der Waals surface area contributed by atoms with Crippen molar-refractivity contribution in [3.63, 3.8) is 0 Å². The van der Waals surface area contributed by atoms with E-state index in [-0.39, 0.29) is 23.7 Å². The normalized spacial score (nSPS) is 16.5. The Labute approximate surface area is 217 Å². The van der Waals surface area contributed by atoms with Crippen LogP contribution in [-0.4, -0.2) is 42.3 Å². The molecule has 2 amide bonds. The highest BCUT2D eigenvalue weighted by Crippen LogP contribution is 2.48. The first-order valence-corrected chi connectivity index (χ1v) is 12.8. The maximum atomic E-state index is 12.9. The molecule has 3 aromatic carbocycles. The average Bonchev–Trinajstić information content (AvgIpc) is 3.71. The summed E-state index contributed by atoms with van der Waals surface area (Å²) in [5.41, 5.74) is 4.45. The van der Waals surface area contributed by atoms with Crippen LogP contribution in [-0.2, 0) is 11.2 Å². The van der Waals surface area contributed by atoms with Gasteiger partial charge in [-0.1, -0.05) is 30.3 Å². The third-order valence-electron chi connectivity index (χ3n) is 6.89. The number of rotatable bonds is 9. The fraction of sp³-hybridized carbons (Fsp3) is 0.258. The lowest BCUT2D eigenvalue weighted by Gasteiger charge is -2.10. The maximum Gasteiger partial charge on any atom is 0.255 e. The summed E-state index contributed by atoms with van der Waals surface area (Å²) in [4.78, 5) is 32.1. The molecule has 188 valence electrons. The minimum absolute atomic E-state index is 0.0129. The second-order valence-electron chi connectivity index (χ2n) is 10.1. The molecule has 0 bridgehead atoms. The molecule has 5 rings (SSSR count). The van der Waals surface area contributed by atoms with Crippen molar-refractivity contribution in [1.82, 2.24) is 9.88 Å². The molecule has 1 aromatic heterocycles. The number of pyridine rings is 1. The standard InChI is InChI=1S/C31H32N4O2/c1-35(2)16-4-5-21-8-11-26(12-9-21)33-30(36)24-7-3-6-23(17-24)28-19-29(28)31(37)34-27-13-10-25-20-32-15-14-22(25)18-27/h3,6-15,17-18,20,28-29H,4-5,16,19H2,1-2H3,(H,33,36)(H,34,37)/t28-,29+/m0/s1. The number of hydrogen-bond acceptors (Lipinski definition) is 4. The second-order valence-corrected chi connectivity index (χ2v) is 10.1. The summed E-state index contributed by atoms with van der Waals surface area (Å²) in [6.07, 6.45) is 6.46. The Kier molecular flexibility index (Phi) is 7.28. The van der Waals surface area contributed by atoms with Crippen LogP contribution in [0.1, 0.15) is 40.2 Å². The molecular weight excluding hydrogens is 460 g/mol. The van der Waals surface area contributed by atoms with Crippen molar-refractivity contribution >= 4 is 34.0 Å². The lowest BCUT2D eigenvalue weighted by atomic mass is 10.0. The zero-order valence-electron chi connectivity index (χ0n) is 21.3. The fourth-order valence-electron chi connectivity index (χ4n) is 4.72. The first kappa shape index (κ1) is 24.7. The van der Waals surface area contributed by atoms with Crippen molar-refractivity contribution in [2.45, 2.75) is 25.2 Å². The molecule has 0 spiro atoms. The molecule has 1 fully saturated rings. The quantitative estimate of drug-likeness (QED) is 0.313. The van der Waals surface area contributed by atoms with E-state index in [1.807, 2.05) is 66.9 Å². The van der Waals surface area contributed by atoms with Crippen molar-refractivity contribution in [1.29, 1.82) is 0 Å². The Morgan fingerprint density at radius 3 is 2.54 bits per heavy atom.